The number of ether oxygens (including phenoxy) is 3. The second-order valence-corrected chi connectivity index (χ2v) is 5.56. The van der Waals surface area contributed by atoms with E-state index in [-0.39, 0.29) is 0 Å². The van der Waals surface area contributed by atoms with Crippen molar-refractivity contribution >= 4 is 11.6 Å². The van der Waals surface area contributed by atoms with Crippen molar-refractivity contribution in [3.05, 3.63) is 60.7 Å². The molecule has 2 aromatic rings. The number of hydrogen-bond acceptors (Lipinski definition) is 4. The number of rotatable bonds is 9. The highest BCUT2D eigenvalue weighted by molar-refractivity contribution is 5.93. The van der Waals surface area contributed by atoms with E-state index in [1.54, 1.807) is 20.2 Å². The van der Waals surface area contributed by atoms with Crippen LogP contribution in [0.25, 0.3) is 0 Å². The van der Waals surface area contributed by atoms with Crippen molar-refractivity contribution in [3.8, 4) is 17.2 Å². The molecule has 0 fully saturated rings. The molecule has 2 aromatic carbocycles. The molecule has 6 heteroatoms. The Morgan fingerprint density at radius 1 is 1.11 bits per heavy atom. The van der Waals surface area contributed by atoms with Crippen LogP contribution in [0.4, 0.5) is 5.69 Å². The lowest BCUT2D eigenvalue weighted by atomic mass is 10.2. The van der Waals surface area contributed by atoms with Crippen molar-refractivity contribution in [1.82, 2.24) is 5.32 Å². The van der Waals surface area contributed by atoms with E-state index in [0.29, 0.717) is 37.2 Å². The van der Waals surface area contributed by atoms with Crippen LogP contribution in [-0.2, 0) is 6.54 Å². The molecule has 2 rings (SSSR count). The minimum atomic E-state index is 0.468. The van der Waals surface area contributed by atoms with Gasteiger partial charge in [-0.25, -0.2) is 0 Å². The fourth-order valence-electron chi connectivity index (χ4n) is 2.46. The molecule has 0 heterocycles. The standard InChI is InChI=1S/C21H27N3O3/c1-5-13-27-18-10-8-7-9-16(18)15-23-21(22-3)24-17-11-12-19(25-4)20(14-17)26-6-2/h5,7-12,14H,1,6,13,15H2,2-4H3,(H2,22,23,24). The van der Waals surface area contributed by atoms with Gasteiger partial charge in [0.05, 0.1) is 13.7 Å². The lowest BCUT2D eigenvalue weighted by molar-refractivity contribution is 0.311. The first-order valence-electron chi connectivity index (χ1n) is 8.81. The zero-order valence-electron chi connectivity index (χ0n) is 16.1. The van der Waals surface area contributed by atoms with Gasteiger partial charge >= 0.3 is 0 Å². The van der Waals surface area contributed by atoms with Crippen LogP contribution in [-0.4, -0.2) is 33.3 Å². The van der Waals surface area contributed by atoms with E-state index in [1.165, 1.54) is 0 Å². The van der Waals surface area contributed by atoms with E-state index in [0.717, 1.165) is 17.0 Å². The summed E-state index contributed by atoms with van der Waals surface area (Å²) in [5, 5.41) is 6.55. The molecule has 27 heavy (non-hydrogen) atoms. The molecule has 0 aromatic heterocycles. The monoisotopic (exact) mass is 369 g/mol. The highest BCUT2D eigenvalue weighted by Crippen LogP contribution is 2.30. The molecule has 0 aliphatic carbocycles. The zero-order valence-corrected chi connectivity index (χ0v) is 16.1. The van der Waals surface area contributed by atoms with Crippen LogP contribution in [0.15, 0.2) is 60.1 Å². The molecule has 0 spiro atoms. The Labute approximate surface area is 160 Å². The van der Waals surface area contributed by atoms with Gasteiger partial charge in [-0.2, -0.15) is 0 Å². The third kappa shape index (κ3) is 5.95. The number of hydrogen-bond donors (Lipinski definition) is 2. The first-order valence-corrected chi connectivity index (χ1v) is 8.81. The van der Waals surface area contributed by atoms with E-state index >= 15 is 0 Å². The van der Waals surface area contributed by atoms with Crippen molar-refractivity contribution in [3.63, 3.8) is 0 Å². The van der Waals surface area contributed by atoms with Gasteiger partial charge in [0.25, 0.3) is 0 Å². The molecule has 0 aliphatic heterocycles. The van der Waals surface area contributed by atoms with Crippen molar-refractivity contribution in [2.24, 2.45) is 4.99 Å². The molecule has 144 valence electrons. The molecule has 6 nitrogen and oxygen atoms in total. The number of guanidine groups is 1. The van der Waals surface area contributed by atoms with Crippen LogP contribution in [0.3, 0.4) is 0 Å². The third-order valence-corrected chi connectivity index (χ3v) is 3.73. The molecule has 0 atom stereocenters. The van der Waals surface area contributed by atoms with Crippen LogP contribution in [0.2, 0.25) is 0 Å². The van der Waals surface area contributed by atoms with Crippen LogP contribution >= 0.6 is 0 Å². The van der Waals surface area contributed by atoms with Gasteiger partial charge in [0.2, 0.25) is 0 Å². The molecule has 0 radical (unpaired) electrons. The highest BCUT2D eigenvalue weighted by Gasteiger charge is 2.08. The Morgan fingerprint density at radius 2 is 1.93 bits per heavy atom. The number of nitrogens with zero attached hydrogens (tertiary/aromatic N) is 1. The maximum Gasteiger partial charge on any atom is 0.195 e. The van der Waals surface area contributed by atoms with Crippen LogP contribution < -0.4 is 24.8 Å². The summed E-state index contributed by atoms with van der Waals surface area (Å²) in [4.78, 5) is 4.27. The van der Waals surface area contributed by atoms with Gasteiger partial charge in [-0.05, 0) is 25.1 Å². The maximum absolute atomic E-state index is 5.69. The van der Waals surface area contributed by atoms with E-state index in [9.17, 15) is 0 Å². The summed E-state index contributed by atoms with van der Waals surface area (Å²) < 4.78 is 16.6. The van der Waals surface area contributed by atoms with E-state index < -0.39 is 0 Å². The van der Waals surface area contributed by atoms with Crippen LogP contribution in [0, 0.1) is 0 Å². The highest BCUT2D eigenvalue weighted by atomic mass is 16.5. The van der Waals surface area contributed by atoms with E-state index in [2.05, 4.69) is 22.2 Å². The van der Waals surface area contributed by atoms with Crippen LogP contribution in [0.5, 0.6) is 17.2 Å². The molecule has 0 saturated heterocycles. The van der Waals surface area contributed by atoms with E-state index in [4.69, 9.17) is 14.2 Å². The third-order valence-electron chi connectivity index (χ3n) is 3.73. The lowest BCUT2D eigenvalue weighted by Gasteiger charge is -2.16. The summed E-state index contributed by atoms with van der Waals surface area (Å²) in [5.74, 6) is 2.84. The number of nitrogens with one attached hydrogen (secondary N) is 2. The van der Waals surface area contributed by atoms with Gasteiger partial charge in [-0.1, -0.05) is 30.9 Å². The number of benzene rings is 2. The largest absolute Gasteiger partial charge is 0.493 e. The molecule has 0 aliphatic rings. The van der Waals surface area contributed by atoms with Gasteiger partial charge in [0.15, 0.2) is 17.5 Å². The molecule has 0 amide bonds. The van der Waals surface area contributed by atoms with E-state index in [1.807, 2.05) is 49.4 Å². The Kier molecular flexibility index (Phi) is 8.03. The van der Waals surface area contributed by atoms with Gasteiger partial charge in [-0.3, -0.25) is 4.99 Å². The second-order valence-electron chi connectivity index (χ2n) is 5.56. The predicted octanol–water partition coefficient (Wildman–Crippen LogP) is 3.85. The molecule has 2 N–H and O–H groups in total. The number of anilines is 1. The SMILES string of the molecule is C=CCOc1ccccc1CNC(=NC)Nc1ccc(OC)c(OCC)c1. The van der Waals surface area contributed by atoms with Crippen molar-refractivity contribution < 1.29 is 14.2 Å². The van der Waals surface area contributed by atoms with Gasteiger partial charge < -0.3 is 24.8 Å². The quantitative estimate of drug-likeness (QED) is 0.399. The Hall–Kier alpha value is -3.15. The number of methoxy groups -OCH3 is 1. The van der Waals surface area contributed by atoms with Crippen molar-refractivity contribution in [1.29, 1.82) is 0 Å². The fourth-order valence-corrected chi connectivity index (χ4v) is 2.46. The topological polar surface area (TPSA) is 64.1 Å². The van der Waals surface area contributed by atoms with Gasteiger partial charge in [-0.15, -0.1) is 0 Å². The average molecular weight is 369 g/mol. The summed E-state index contributed by atoms with van der Waals surface area (Å²) in [7, 11) is 3.35. The first-order chi connectivity index (χ1) is 13.2. The van der Waals surface area contributed by atoms with Gasteiger partial charge in [0, 0.05) is 30.9 Å². The molecule has 0 unspecified atom stereocenters. The normalized spacial score (nSPS) is 10.9. The minimum Gasteiger partial charge on any atom is -0.493 e. The minimum absolute atomic E-state index is 0.468. The molecule has 0 saturated carbocycles. The second kappa shape index (κ2) is 10.8. The first kappa shape index (κ1) is 20.2. The molecular formula is C21H27N3O3. The Morgan fingerprint density at radius 3 is 2.63 bits per heavy atom. The lowest BCUT2D eigenvalue weighted by Crippen LogP contribution is -2.30. The average Bonchev–Trinajstić information content (AvgIpc) is 2.70. The van der Waals surface area contributed by atoms with Crippen molar-refractivity contribution in [2.75, 3.05) is 32.7 Å². The Balaban J connectivity index is 2.05. The molecular weight excluding hydrogens is 342 g/mol. The zero-order chi connectivity index (χ0) is 19.5. The van der Waals surface area contributed by atoms with Gasteiger partial charge in [0.1, 0.15) is 12.4 Å². The number of para-hydroxylation sites is 1. The fraction of sp³-hybridized carbons (Fsp3) is 0.286. The summed E-state index contributed by atoms with van der Waals surface area (Å²) >= 11 is 0. The number of aliphatic imine (C=N–C) groups is 1. The van der Waals surface area contributed by atoms with Crippen molar-refractivity contribution in [2.45, 2.75) is 13.5 Å². The van der Waals surface area contributed by atoms with Crippen LogP contribution in [0.1, 0.15) is 12.5 Å². The predicted molar refractivity (Wildman–Crippen MR) is 110 cm³/mol. The summed E-state index contributed by atoms with van der Waals surface area (Å²) in [6.45, 7) is 7.22. The molecule has 0 bridgehead atoms. The maximum atomic E-state index is 5.69. The smallest absolute Gasteiger partial charge is 0.195 e. The summed E-state index contributed by atoms with van der Waals surface area (Å²) in [6.07, 6.45) is 1.73. The summed E-state index contributed by atoms with van der Waals surface area (Å²) in [5.41, 5.74) is 1.88. The Bertz CT molecular complexity index is 775. The summed E-state index contributed by atoms with van der Waals surface area (Å²) in [6, 6.07) is 13.5.